The number of carbonyl (C=O) groups excluding carboxylic acids is 4. The number of ether oxygens (including phenoxy) is 1. The van der Waals surface area contributed by atoms with Gasteiger partial charge in [0.2, 0.25) is 17.7 Å². The molecule has 0 spiro atoms. The van der Waals surface area contributed by atoms with Gasteiger partial charge in [-0.1, -0.05) is 75.4 Å². The highest BCUT2D eigenvalue weighted by atomic mass is 16.5. The molecule has 11 nitrogen and oxygen atoms in total. The molecule has 0 bridgehead atoms. The van der Waals surface area contributed by atoms with Crippen LogP contribution < -0.4 is 26.6 Å². The molecule has 2 unspecified atom stereocenters. The van der Waals surface area contributed by atoms with Crippen LogP contribution in [0.1, 0.15) is 85.1 Å². The lowest BCUT2D eigenvalue weighted by molar-refractivity contribution is -0.135. The third kappa shape index (κ3) is 10.7. The molecule has 274 valence electrons. The van der Waals surface area contributed by atoms with Crippen LogP contribution in [-0.2, 0) is 32.0 Å². The monoisotopic (exact) mass is 706 g/mol. The summed E-state index contributed by atoms with van der Waals surface area (Å²) in [5.74, 6) is -1.43. The lowest BCUT2D eigenvalue weighted by atomic mass is 9.87. The van der Waals surface area contributed by atoms with E-state index in [2.05, 4.69) is 32.7 Å². The normalized spacial score (nSPS) is 17.2. The highest BCUT2D eigenvalue weighted by Gasteiger charge is 2.43. The zero-order valence-corrected chi connectivity index (χ0v) is 30.3. The fraction of sp³-hybridized carbons (Fsp3) is 0.439. The second-order valence-electron chi connectivity index (χ2n) is 15.1. The predicted molar refractivity (Wildman–Crippen MR) is 198 cm³/mol. The molecule has 1 aliphatic carbocycles. The van der Waals surface area contributed by atoms with Crippen molar-refractivity contribution in [2.24, 2.45) is 5.41 Å². The van der Waals surface area contributed by atoms with Gasteiger partial charge in [0.1, 0.15) is 6.04 Å². The molecule has 1 aliphatic heterocycles. The maximum atomic E-state index is 14.2. The average Bonchev–Trinajstić information content (AvgIpc) is 3.13. The second-order valence-corrected chi connectivity index (χ2v) is 15.1. The Morgan fingerprint density at radius 2 is 1.62 bits per heavy atom. The van der Waals surface area contributed by atoms with Gasteiger partial charge in [-0.2, -0.15) is 5.26 Å². The van der Waals surface area contributed by atoms with Crippen LogP contribution in [0.2, 0.25) is 0 Å². The Hall–Kier alpha value is -5.05. The van der Waals surface area contributed by atoms with Gasteiger partial charge >= 0.3 is 0 Å². The lowest BCUT2D eigenvalue weighted by Crippen LogP contribution is -2.70. The fourth-order valence-electron chi connectivity index (χ4n) is 6.51. The Labute approximate surface area is 306 Å². The van der Waals surface area contributed by atoms with E-state index in [9.17, 15) is 19.2 Å². The first-order valence-corrected chi connectivity index (χ1v) is 18.1. The van der Waals surface area contributed by atoms with Crippen LogP contribution in [0.3, 0.4) is 0 Å². The van der Waals surface area contributed by atoms with Crippen molar-refractivity contribution in [3.8, 4) is 6.07 Å². The van der Waals surface area contributed by atoms with E-state index in [1.807, 2.05) is 75.4 Å². The van der Waals surface area contributed by atoms with Crippen molar-refractivity contribution >= 4 is 23.6 Å². The number of hydrogen-bond donors (Lipinski definition) is 5. The number of nitriles is 1. The van der Waals surface area contributed by atoms with Crippen molar-refractivity contribution in [1.82, 2.24) is 26.6 Å². The third-order valence-electron chi connectivity index (χ3n) is 9.51. The lowest BCUT2D eigenvalue weighted by Gasteiger charge is -2.44. The first-order chi connectivity index (χ1) is 24.9. The minimum atomic E-state index is -1.03. The van der Waals surface area contributed by atoms with Crippen LogP contribution in [0.15, 0.2) is 78.9 Å². The van der Waals surface area contributed by atoms with Crippen LogP contribution in [0.5, 0.6) is 0 Å². The molecular weight excluding hydrogens is 656 g/mol. The minimum absolute atomic E-state index is 0.123. The topological polar surface area (TPSA) is 161 Å². The molecule has 5 rings (SSSR count). The van der Waals surface area contributed by atoms with E-state index in [1.54, 1.807) is 24.3 Å². The number of carbonyl (C=O) groups is 4. The maximum absolute atomic E-state index is 14.2. The van der Waals surface area contributed by atoms with Gasteiger partial charge in [-0.3, -0.25) is 24.5 Å². The van der Waals surface area contributed by atoms with Crippen molar-refractivity contribution in [3.05, 3.63) is 107 Å². The molecule has 3 aromatic rings. The van der Waals surface area contributed by atoms with Gasteiger partial charge in [-0.25, -0.2) is 0 Å². The minimum Gasteiger partial charge on any atom is -0.377 e. The van der Waals surface area contributed by atoms with E-state index in [4.69, 9.17) is 10.00 Å². The van der Waals surface area contributed by atoms with E-state index in [0.29, 0.717) is 30.5 Å². The third-order valence-corrected chi connectivity index (χ3v) is 9.51. The van der Waals surface area contributed by atoms with E-state index < -0.39 is 23.5 Å². The van der Waals surface area contributed by atoms with Crippen molar-refractivity contribution in [1.29, 1.82) is 5.26 Å². The first-order valence-electron chi connectivity index (χ1n) is 18.1. The van der Waals surface area contributed by atoms with Crippen molar-refractivity contribution in [3.63, 3.8) is 0 Å². The summed E-state index contributed by atoms with van der Waals surface area (Å²) in [5, 5.41) is 24.5. The van der Waals surface area contributed by atoms with Gasteiger partial charge in [-0.05, 0) is 78.5 Å². The van der Waals surface area contributed by atoms with Crippen LogP contribution in [-0.4, -0.2) is 67.6 Å². The number of nitrogens with zero attached hydrogens (tertiary/aromatic N) is 1. The molecule has 2 aliphatic rings. The van der Waals surface area contributed by atoms with Gasteiger partial charge in [0.25, 0.3) is 5.91 Å². The second kappa shape index (κ2) is 17.4. The number of nitrogens with one attached hydrogen (secondary N) is 5. The standard InChI is InChI=1S/C41H50N6O5/c1-40(2,3)24-43-36(48)22-35(47-41(26-52-27-41)25-44-37(49)31-19-16-29(23-42)17-20-31)39(51)46-34(21-18-28-10-5-4-6-11-28)38(50)45-33-15-9-13-30-12-7-8-14-32(30)33/h4-8,10-12,14,16-17,19-20,33-35,47H,9,13,15,18,21-22,24-27H2,1-3H3,(H,43,48)(H,44,49)(H,45,50)(H,46,51)/t33-,34?,35?/m1/s1. The molecule has 1 heterocycles. The van der Waals surface area contributed by atoms with Gasteiger partial charge in [-0.15, -0.1) is 0 Å². The number of fused-ring (bicyclic) bond motifs is 1. The van der Waals surface area contributed by atoms with Crippen LogP contribution in [0.4, 0.5) is 0 Å². The Bertz CT molecular complexity index is 1740. The first kappa shape index (κ1) is 38.2. The molecule has 0 aromatic heterocycles. The Morgan fingerprint density at radius 3 is 2.29 bits per heavy atom. The number of amides is 4. The highest BCUT2D eigenvalue weighted by Crippen LogP contribution is 2.29. The number of rotatable bonds is 15. The van der Waals surface area contributed by atoms with Crippen LogP contribution in [0.25, 0.3) is 0 Å². The van der Waals surface area contributed by atoms with Crippen molar-refractivity contribution < 1.29 is 23.9 Å². The van der Waals surface area contributed by atoms with E-state index in [0.717, 1.165) is 30.4 Å². The zero-order chi connectivity index (χ0) is 37.1. The number of benzene rings is 3. The summed E-state index contributed by atoms with van der Waals surface area (Å²) < 4.78 is 5.56. The van der Waals surface area contributed by atoms with Gasteiger partial charge < -0.3 is 26.0 Å². The van der Waals surface area contributed by atoms with Gasteiger partial charge in [0, 0.05) is 18.7 Å². The molecule has 1 fully saturated rings. The predicted octanol–water partition coefficient (Wildman–Crippen LogP) is 3.88. The van der Waals surface area contributed by atoms with E-state index in [-0.39, 0.29) is 55.4 Å². The summed E-state index contributed by atoms with van der Waals surface area (Å²) in [6, 6.07) is 24.2. The number of hydrogen-bond acceptors (Lipinski definition) is 7. The molecule has 3 atom stereocenters. The molecule has 0 saturated carbocycles. The van der Waals surface area contributed by atoms with Crippen LogP contribution in [0, 0.1) is 16.7 Å². The largest absolute Gasteiger partial charge is 0.377 e. The van der Waals surface area contributed by atoms with Crippen molar-refractivity contribution in [2.45, 2.75) is 83.0 Å². The molecule has 3 aromatic carbocycles. The molecule has 0 radical (unpaired) electrons. The van der Waals surface area contributed by atoms with Gasteiger partial charge in [0.05, 0.1) is 48.9 Å². The Kier molecular flexibility index (Phi) is 12.8. The summed E-state index contributed by atoms with van der Waals surface area (Å²) in [4.78, 5) is 54.6. The summed E-state index contributed by atoms with van der Waals surface area (Å²) in [5.41, 5.74) is 3.18. The molecule has 5 N–H and O–H groups in total. The Balaban J connectivity index is 1.33. The van der Waals surface area contributed by atoms with Crippen LogP contribution >= 0.6 is 0 Å². The summed E-state index contributed by atoms with van der Waals surface area (Å²) in [6.07, 6.45) is 3.44. The molecule has 1 saturated heterocycles. The zero-order valence-electron chi connectivity index (χ0n) is 30.3. The van der Waals surface area contributed by atoms with E-state index in [1.165, 1.54) is 5.56 Å². The average molecular weight is 707 g/mol. The summed E-state index contributed by atoms with van der Waals surface area (Å²) >= 11 is 0. The molecule has 52 heavy (non-hydrogen) atoms. The van der Waals surface area contributed by atoms with Gasteiger partial charge in [0.15, 0.2) is 0 Å². The van der Waals surface area contributed by atoms with E-state index >= 15 is 0 Å². The quantitative estimate of drug-likeness (QED) is 0.160. The Morgan fingerprint density at radius 1 is 0.904 bits per heavy atom. The number of aryl methyl sites for hydroxylation is 2. The smallest absolute Gasteiger partial charge is 0.251 e. The molecule has 4 amide bonds. The SMILES string of the molecule is CC(C)(C)CNC(=O)CC(NC1(CNC(=O)c2ccc(C#N)cc2)COC1)C(=O)NC(CCc1ccccc1)C(=O)N[C@@H]1CCCc2ccccc21. The summed E-state index contributed by atoms with van der Waals surface area (Å²) in [7, 11) is 0. The molecule has 11 heteroatoms. The fourth-order valence-corrected chi connectivity index (χ4v) is 6.51. The van der Waals surface area contributed by atoms with Crippen molar-refractivity contribution in [2.75, 3.05) is 26.3 Å². The molecular formula is C41H50N6O5. The highest BCUT2D eigenvalue weighted by molar-refractivity contribution is 5.94. The maximum Gasteiger partial charge on any atom is 0.251 e. The summed E-state index contributed by atoms with van der Waals surface area (Å²) in [6.45, 7) is 6.97.